The Morgan fingerprint density at radius 2 is 1.93 bits per heavy atom. The summed E-state index contributed by atoms with van der Waals surface area (Å²) in [5.74, 6) is -0.0689. The van der Waals surface area contributed by atoms with Crippen LogP contribution in [0, 0.1) is 0 Å². The molecule has 1 aliphatic rings. The molecule has 156 valence electrons. The van der Waals surface area contributed by atoms with E-state index in [1.54, 1.807) is 7.05 Å². The number of hydrogen-bond donors (Lipinski definition) is 1. The molecule has 29 heavy (non-hydrogen) atoms. The third-order valence-corrected chi connectivity index (χ3v) is 6.87. The van der Waals surface area contributed by atoms with Gasteiger partial charge < -0.3 is 9.55 Å². The molecule has 1 N–H and O–H groups in total. The van der Waals surface area contributed by atoms with Crippen LogP contribution >= 0.6 is 0 Å². The number of hydrogen-bond acceptors (Lipinski definition) is 5. The number of pyridine rings is 1. The number of aryl methyl sites for hydroxylation is 2. The third-order valence-electron chi connectivity index (χ3n) is 5.09. The number of H-pyrrole nitrogens is 1. The van der Waals surface area contributed by atoms with Gasteiger partial charge >= 0.3 is 6.18 Å². The fourth-order valence-corrected chi connectivity index (χ4v) is 4.86. The summed E-state index contributed by atoms with van der Waals surface area (Å²) in [5, 5.41) is 4.33. The predicted molar refractivity (Wildman–Crippen MR) is 98.2 cm³/mol. The van der Waals surface area contributed by atoms with Crippen LogP contribution in [0.4, 0.5) is 13.2 Å². The second-order valence-corrected chi connectivity index (χ2v) is 9.32. The highest BCUT2D eigenvalue weighted by molar-refractivity contribution is 7.91. The molecule has 4 rings (SSSR count). The molecule has 3 aromatic heterocycles. The normalized spacial score (nSPS) is 15.4. The van der Waals surface area contributed by atoms with Gasteiger partial charge in [0.15, 0.2) is 15.7 Å². The van der Waals surface area contributed by atoms with E-state index in [9.17, 15) is 26.4 Å². The number of aromatic amines is 1. The smallest absolute Gasteiger partial charge is 0.321 e. The molecule has 0 amide bonds. The van der Waals surface area contributed by atoms with Crippen molar-refractivity contribution < 1.29 is 21.6 Å². The van der Waals surface area contributed by atoms with Crippen molar-refractivity contribution in [2.75, 3.05) is 5.75 Å². The van der Waals surface area contributed by atoms with Gasteiger partial charge in [0.05, 0.1) is 17.0 Å². The quantitative estimate of drug-likeness (QED) is 0.686. The summed E-state index contributed by atoms with van der Waals surface area (Å²) in [5.41, 5.74) is -1.85. The Hall–Kier alpha value is -2.63. The second-order valence-electron chi connectivity index (χ2n) is 7.10. The van der Waals surface area contributed by atoms with Crippen LogP contribution in [0.5, 0.6) is 0 Å². The molecule has 0 atom stereocenters. The van der Waals surface area contributed by atoms with E-state index in [1.165, 1.54) is 23.2 Å². The molecule has 0 unspecified atom stereocenters. The predicted octanol–water partition coefficient (Wildman–Crippen LogP) is 2.35. The van der Waals surface area contributed by atoms with Crippen molar-refractivity contribution in [1.82, 2.24) is 24.3 Å². The first-order chi connectivity index (χ1) is 13.5. The molecule has 0 bridgehead atoms. The van der Waals surface area contributed by atoms with Crippen molar-refractivity contribution in [2.24, 2.45) is 14.1 Å². The molecule has 3 aromatic rings. The Morgan fingerprint density at radius 1 is 1.28 bits per heavy atom. The van der Waals surface area contributed by atoms with Gasteiger partial charge in [-0.1, -0.05) is 6.92 Å². The van der Waals surface area contributed by atoms with Crippen LogP contribution in [-0.4, -0.2) is 38.5 Å². The zero-order valence-electron chi connectivity index (χ0n) is 15.8. The number of alkyl halides is 3. The van der Waals surface area contributed by atoms with E-state index in [4.69, 9.17) is 0 Å². The molecule has 1 fully saturated rings. The van der Waals surface area contributed by atoms with Crippen LogP contribution in [0.3, 0.4) is 0 Å². The van der Waals surface area contributed by atoms with Crippen LogP contribution < -0.4 is 5.56 Å². The zero-order chi connectivity index (χ0) is 21.3. The number of halogens is 3. The van der Waals surface area contributed by atoms with Gasteiger partial charge in [0.1, 0.15) is 21.8 Å². The maximum absolute atomic E-state index is 13.0. The average molecular weight is 429 g/mol. The average Bonchev–Trinajstić information content (AvgIpc) is 3.32. The molecule has 1 saturated carbocycles. The van der Waals surface area contributed by atoms with E-state index >= 15 is 0 Å². The first-order valence-corrected chi connectivity index (χ1v) is 10.6. The number of nitrogens with zero attached hydrogens (tertiary/aromatic N) is 4. The first-order valence-electron chi connectivity index (χ1n) is 8.92. The summed E-state index contributed by atoms with van der Waals surface area (Å²) in [4.78, 5) is 18.3. The second kappa shape index (κ2) is 6.18. The third kappa shape index (κ3) is 3.05. The molecule has 0 radical (unpaired) electrons. The van der Waals surface area contributed by atoms with E-state index in [0.29, 0.717) is 5.69 Å². The standard InChI is InChI=1S/C17H18F3N5O3S/c1-4-29(27,28)14-11(23-25(3)12(14)8-5-6-8)15-21-9-7-10(17(18,19)20)22-16(26)13(9)24(15)2/h7-8H,4-6H2,1-3H3,(H,22,26). The number of aromatic nitrogens is 5. The summed E-state index contributed by atoms with van der Waals surface area (Å²) < 4.78 is 67.6. The number of imidazole rings is 1. The van der Waals surface area contributed by atoms with E-state index in [-0.39, 0.29) is 39.1 Å². The van der Waals surface area contributed by atoms with Crippen LogP contribution in [0.15, 0.2) is 15.8 Å². The number of nitrogens with one attached hydrogen (secondary N) is 1. The summed E-state index contributed by atoms with van der Waals surface area (Å²) in [6, 6.07) is 0.735. The lowest BCUT2D eigenvalue weighted by molar-refractivity contribution is -0.141. The number of fused-ring (bicyclic) bond motifs is 1. The van der Waals surface area contributed by atoms with Gasteiger partial charge in [0, 0.05) is 20.0 Å². The molecule has 0 aromatic carbocycles. The molecular weight excluding hydrogens is 411 g/mol. The van der Waals surface area contributed by atoms with Gasteiger partial charge in [-0.25, -0.2) is 13.4 Å². The van der Waals surface area contributed by atoms with Crippen LogP contribution in [-0.2, 0) is 30.1 Å². The summed E-state index contributed by atoms with van der Waals surface area (Å²) in [7, 11) is -0.617. The minimum Gasteiger partial charge on any atom is -0.321 e. The fourth-order valence-electron chi connectivity index (χ4n) is 3.53. The van der Waals surface area contributed by atoms with Crippen molar-refractivity contribution in [1.29, 1.82) is 0 Å². The molecular formula is C17H18F3N5O3S. The van der Waals surface area contributed by atoms with E-state index in [0.717, 1.165) is 18.9 Å². The minimum atomic E-state index is -4.74. The maximum Gasteiger partial charge on any atom is 0.431 e. The summed E-state index contributed by atoms with van der Waals surface area (Å²) in [6.45, 7) is 1.51. The van der Waals surface area contributed by atoms with Crippen LogP contribution in [0.25, 0.3) is 22.6 Å². The molecule has 0 saturated heterocycles. The lowest BCUT2D eigenvalue weighted by atomic mass is 10.2. The van der Waals surface area contributed by atoms with Crippen molar-refractivity contribution >= 4 is 20.9 Å². The lowest BCUT2D eigenvalue weighted by Gasteiger charge is -2.06. The Morgan fingerprint density at radius 3 is 2.48 bits per heavy atom. The van der Waals surface area contributed by atoms with Gasteiger partial charge in [-0.2, -0.15) is 18.3 Å². The first kappa shape index (κ1) is 19.7. The minimum absolute atomic E-state index is 0.0272. The zero-order valence-corrected chi connectivity index (χ0v) is 16.6. The van der Waals surface area contributed by atoms with Crippen molar-refractivity contribution in [3.8, 4) is 11.5 Å². The van der Waals surface area contributed by atoms with E-state index in [2.05, 4.69) is 10.1 Å². The Labute approximate surface area is 163 Å². The van der Waals surface area contributed by atoms with Crippen molar-refractivity contribution in [2.45, 2.75) is 36.8 Å². The molecule has 3 heterocycles. The van der Waals surface area contributed by atoms with E-state index < -0.39 is 27.3 Å². The number of sulfone groups is 1. The van der Waals surface area contributed by atoms with Gasteiger partial charge in [0.2, 0.25) is 0 Å². The highest BCUT2D eigenvalue weighted by Crippen LogP contribution is 2.45. The molecule has 1 aliphatic carbocycles. The lowest BCUT2D eigenvalue weighted by Crippen LogP contribution is -2.17. The number of rotatable bonds is 4. The van der Waals surface area contributed by atoms with Gasteiger partial charge in [0.25, 0.3) is 5.56 Å². The summed E-state index contributed by atoms with van der Waals surface area (Å²) >= 11 is 0. The largest absolute Gasteiger partial charge is 0.431 e. The Kier molecular flexibility index (Phi) is 4.19. The monoisotopic (exact) mass is 429 g/mol. The van der Waals surface area contributed by atoms with Gasteiger partial charge in [-0.3, -0.25) is 9.48 Å². The Balaban J connectivity index is 2.04. The SMILES string of the molecule is CCS(=O)(=O)c1c(-c2nc3cc(C(F)(F)F)[nH]c(=O)c3n2C)nn(C)c1C1CC1. The fraction of sp³-hybridized carbons (Fsp3) is 0.471. The molecule has 12 heteroatoms. The van der Waals surface area contributed by atoms with Crippen LogP contribution in [0.1, 0.15) is 37.1 Å². The highest BCUT2D eigenvalue weighted by Gasteiger charge is 2.38. The van der Waals surface area contributed by atoms with Crippen LogP contribution in [0.2, 0.25) is 0 Å². The molecule has 8 nitrogen and oxygen atoms in total. The van der Waals surface area contributed by atoms with Gasteiger partial charge in [-0.05, 0) is 18.9 Å². The molecule has 0 spiro atoms. The maximum atomic E-state index is 13.0. The highest BCUT2D eigenvalue weighted by atomic mass is 32.2. The molecule has 0 aliphatic heterocycles. The topological polar surface area (TPSA) is 103 Å². The van der Waals surface area contributed by atoms with Crippen molar-refractivity contribution in [3.05, 3.63) is 27.8 Å². The Bertz CT molecular complexity index is 1300. The summed E-state index contributed by atoms with van der Waals surface area (Å²) in [6.07, 6.45) is -3.07. The van der Waals surface area contributed by atoms with Crippen molar-refractivity contribution in [3.63, 3.8) is 0 Å². The van der Waals surface area contributed by atoms with Gasteiger partial charge in [-0.15, -0.1) is 0 Å². The van der Waals surface area contributed by atoms with E-state index in [1.807, 2.05) is 4.98 Å².